The lowest BCUT2D eigenvalue weighted by molar-refractivity contribution is 0.0698. The zero-order valence-corrected chi connectivity index (χ0v) is 16.4. The normalized spacial score (nSPS) is 13.2. The molecule has 0 unspecified atom stereocenters. The molecule has 148 valence electrons. The van der Waals surface area contributed by atoms with Crippen LogP contribution in [0.4, 0.5) is 4.39 Å². The molecule has 1 heterocycles. The van der Waals surface area contributed by atoms with Gasteiger partial charge in [0.15, 0.2) is 0 Å². The van der Waals surface area contributed by atoms with Gasteiger partial charge in [0.05, 0.1) is 16.8 Å². The number of hydrogen-bond donors (Lipinski definition) is 1. The lowest BCUT2D eigenvalue weighted by atomic mass is 9.86. The Morgan fingerprint density at radius 2 is 1.70 bits per heavy atom. The fourth-order valence-electron chi connectivity index (χ4n) is 4.44. The average molecular weight is 397 g/mol. The number of nitrogens with zero attached hydrogens (tertiary/aromatic N) is 1. The number of pyridine rings is 1. The minimum absolute atomic E-state index is 0.175. The molecule has 0 fully saturated rings. The van der Waals surface area contributed by atoms with Crippen LogP contribution < -0.4 is 0 Å². The number of fused-ring (bicyclic) bond motifs is 4. The van der Waals surface area contributed by atoms with Crippen LogP contribution in [0.1, 0.15) is 34.3 Å². The minimum Gasteiger partial charge on any atom is -0.478 e. The maximum atomic E-state index is 13.9. The van der Waals surface area contributed by atoms with Gasteiger partial charge in [-0.05, 0) is 66.1 Å². The van der Waals surface area contributed by atoms with Crippen molar-refractivity contribution in [2.75, 3.05) is 0 Å². The number of carbonyl (C=O) groups is 1. The summed E-state index contributed by atoms with van der Waals surface area (Å²) in [4.78, 5) is 17.0. The fourth-order valence-corrected chi connectivity index (χ4v) is 4.44. The SMILES string of the molecule is O=C(O)c1c2c(nc3ccc(F)cc13)-c1ccc(-c3ccccc3)cc1CCCC2. The van der Waals surface area contributed by atoms with Gasteiger partial charge >= 0.3 is 5.97 Å². The van der Waals surface area contributed by atoms with Crippen LogP contribution in [-0.2, 0) is 12.8 Å². The van der Waals surface area contributed by atoms with Gasteiger partial charge in [0.2, 0.25) is 0 Å². The van der Waals surface area contributed by atoms with E-state index in [-0.39, 0.29) is 5.56 Å². The molecule has 1 aliphatic rings. The van der Waals surface area contributed by atoms with E-state index in [1.165, 1.54) is 17.7 Å². The van der Waals surface area contributed by atoms with E-state index in [2.05, 4.69) is 30.3 Å². The van der Waals surface area contributed by atoms with Crippen LogP contribution in [0.25, 0.3) is 33.3 Å². The molecule has 3 nitrogen and oxygen atoms in total. The summed E-state index contributed by atoms with van der Waals surface area (Å²) >= 11 is 0. The molecule has 4 heteroatoms. The smallest absolute Gasteiger partial charge is 0.336 e. The molecule has 4 aromatic rings. The quantitative estimate of drug-likeness (QED) is 0.433. The van der Waals surface area contributed by atoms with Crippen molar-refractivity contribution in [3.8, 4) is 22.4 Å². The van der Waals surface area contributed by atoms with Gasteiger partial charge in [-0.15, -0.1) is 0 Å². The van der Waals surface area contributed by atoms with Crippen LogP contribution in [0, 0.1) is 5.82 Å². The third-order valence-electron chi connectivity index (χ3n) is 5.85. The van der Waals surface area contributed by atoms with Crippen LogP contribution in [0.15, 0.2) is 66.7 Å². The highest BCUT2D eigenvalue weighted by molar-refractivity contribution is 6.06. The predicted molar refractivity (Wildman–Crippen MR) is 116 cm³/mol. The van der Waals surface area contributed by atoms with Gasteiger partial charge in [-0.25, -0.2) is 14.2 Å². The highest BCUT2D eigenvalue weighted by Crippen LogP contribution is 2.37. The van der Waals surface area contributed by atoms with Crippen molar-refractivity contribution < 1.29 is 14.3 Å². The summed E-state index contributed by atoms with van der Waals surface area (Å²) in [6.07, 6.45) is 3.37. The molecule has 5 rings (SSSR count). The first-order valence-electron chi connectivity index (χ1n) is 10.2. The van der Waals surface area contributed by atoms with Crippen LogP contribution in [0.5, 0.6) is 0 Å². The molecule has 1 N–H and O–H groups in total. The number of aromatic nitrogens is 1. The van der Waals surface area contributed by atoms with Crippen molar-refractivity contribution in [2.45, 2.75) is 25.7 Å². The van der Waals surface area contributed by atoms with Gasteiger partial charge in [0.1, 0.15) is 5.82 Å². The standard InChI is InChI=1S/C26H20FNO2/c27-19-11-13-23-22(15-19)24(26(29)30)21-9-5-4-8-18-14-17(16-6-2-1-3-7-16)10-12-20(18)25(21)28-23/h1-3,6-7,10-15H,4-5,8-9H2,(H,29,30). The summed E-state index contributed by atoms with van der Waals surface area (Å²) in [7, 11) is 0. The second kappa shape index (κ2) is 7.38. The number of hydrogen-bond acceptors (Lipinski definition) is 2. The van der Waals surface area contributed by atoms with Gasteiger partial charge in [0.25, 0.3) is 0 Å². The summed E-state index contributed by atoms with van der Waals surface area (Å²) in [5, 5.41) is 10.3. The first-order valence-corrected chi connectivity index (χ1v) is 10.2. The third kappa shape index (κ3) is 3.14. The Morgan fingerprint density at radius 1 is 0.900 bits per heavy atom. The Balaban J connectivity index is 1.78. The van der Waals surface area contributed by atoms with Crippen LogP contribution in [-0.4, -0.2) is 16.1 Å². The van der Waals surface area contributed by atoms with Crippen molar-refractivity contribution in [3.05, 3.63) is 89.2 Å². The lowest BCUT2D eigenvalue weighted by Crippen LogP contribution is -2.11. The summed E-state index contributed by atoms with van der Waals surface area (Å²) in [6, 6.07) is 20.7. The van der Waals surface area contributed by atoms with E-state index in [4.69, 9.17) is 4.98 Å². The molecule has 1 aromatic heterocycles. The molecular formula is C26H20FNO2. The van der Waals surface area contributed by atoms with E-state index in [0.29, 0.717) is 28.6 Å². The number of carboxylic acids is 1. The zero-order valence-electron chi connectivity index (χ0n) is 16.4. The molecule has 0 atom stereocenters. The van der Waals surface area contributed by atoms with Crippen molar-refractivity contribution in [1.82, 2.24) is 4.98 Å². The molecule has 0 spiro atoms. The number of rotatable bonds is 2. The highest BCUT2D eigenvalue weighted by Gasteiger charge is 2.24. The maximum Gasteiger partial charge on any atom is 0.336 e. The topological polar surface area (TPSA) is 50.2 Å². The molecule has 1 aliphatic carbocycles. The fraction of sp³-hybridized carbons (Fsp3) is 0.154. The van der Waals surface area contributed by atoms with Gasteiger partial charge < -0.3 is 5.11 Å². The lowest BCUT2D eigenvalue weighted by Gasteiger charge is -2.21. The van der Waals surface area contributed by atoms with Crippen molar-refractivity contribution in [1.29, 1.82) is 0 Å². The molecule has 0 radical (unpaired) electrons. The second-order valence-corrected chi connectivity index (χ2v) is 7.73. The Hall–Kier alpha value is -3.53. The molecule has 3 aromatic carbocycles. The zero-order chi connectivity index (χ0) is 20.7. The third-order valence-corrected chi connectivity index (χ3v) is 5.85. The van der Waals surface area contributed by atoms with Gasteiger partial charge in [0, 0.05) is 10.9 Å². The molecule has 30 heavy (non-hydrogen) atoms. The maximum absolute atomic E-state index is 13.9. The van der Waals surface area contributed by atoms with Gasteiger partial charge in [-0.2, -0.15) is 0 Å². The van der Waals surface area contributed by atoms with Crippen LogP contribution in [0.2, 0.25) is 0 Å². The Morgan fingerprint density at radius 3 is 2.50 bits per heavy atom. The monoisotopic (exact) mass is 397 g/mol. The minimum atomic E-state index is -1.03. The highest BCUT2D eigenvalue weighted by atomic mass is 19.1. The molecule has 0 amide bonds. The summed E-state index contributed by atoms with van der Waals surface area (Å²) in [6.45, 7) is 0. The average Bonchev–Trinajstić information content (AvgIpc) is 2.75. The summed E-state index contributed by atoms with van der Waals surface area (Å²) in [5.74, 6) is -1.49. The predicted octanol–water partition coefficient (Wildman–Crippen LogP) is 6.28. The van der Waals surface area contributed by atoms with Crippen molar-refractivity contribution in [2.24, 2.45) is 0 Å². The van der Waals surface area contributed by atoms with E-state index in [0.717, 1.165) is 36.0 Å². The molecule has 0 aliphatic heterocycles. The molecule has 0 bridgehead atoms. The van der Waals surface area contributed by atoms with Crippen LogP contribution >= 0.6 is 0 Å². The Kier molecular flexibility index (Phi) is 4.55. The number of aromatic carboxylic acids is 1. The van der Waals surface area contributed by atoms with Gasteiger partial charge in [-0.3, -0.25) is 0 Å². The van der Waals surface area contributed by atoms with Gasteiger partial charge in [-0.1, -0.05) is 48.5 Å². The summed E-state index contributed by atoms with van der Waals surface area (Å²) in [5.41, 5.74) is 6.52. The van der Waals surface area contributed by atoms with E-state index in [1.807, 2.05) is 18.2 Å². The number of carboxylic acid groups (broad SMARTS) is 1. The first kappa shape index (κ1) is 18.5. The van der Waals surface area contributed by atoms with Crippen LogP contribution in [0.3, 0.4) is 0 Å². The number of aryl methyl sites for hydroxylation is 1. The van der Waals surface area contributed by atoms with Crippen molar-refractivity contribution in [3.63, 3.8) is 0 Å². The first-order chi connectivity index (χ1) is 14.6. The van der Waals surface area contributed by atoms with E-state index < -0.39 is 11.8 Å². The largest absolute Gasteiger partial charge is 0.478 e. The Labute approximate surface area is 173 Å². The van der Waals surface area contributed by atoms with E-state index >= 15 is 0 Å². The Bertz CT molecular complexity index is 1280. The number of halogens is 1. The van der Waals surface area contributed by atoms with E-state index in [9.17, 15) is 14.3 Å². The molecule has 0 saturated heterocycles. The molecular weight excluding hydrogens is 377 g/mol. The second-order valence-electron chi connectivity index (χ2n) is 7.73. The number of benzene rings is 3. The van der Waals surface area contributed by atoms with E-state index in [1.54, 1.807) is 6.07 Å². The summed E-state index contributed by atoms with van der Waals surface area (Å²) < 4.78 is 13.9. The molecule has 0 saturated carbocycles. The van der Waals surface area contributed by atoms with Crippen molar-refractivity contribution >= 4 is 16.9 Å².